The molecule has 98 valence electrons. The lowest BCUT2D eigenvalue weighted by Crippen LogP contribution is -2.02. The number of hydrogen-bond donors (Lipinski definition) is 1. The highest BCUT2D eigenvalue weighted by Gasteiger charge is 1.97. The molecule has 0 heterocycles. The van der Waals surface area contributed by atoms with Gasteiger partial charge in [-0.3, -0.25) is 0 Å². The number of carbonyl (C=O) groups is 1. The monoisotopic (exact) mass is 248 g/mol. The maximum atomic E-state index is 11.4. The first-order valence-electron chi connectivity index (χ1n) is 6.36. The van der Waals surface area contributed by atoms with E-state index in [4.69, 9.17) is 4.74 Å². The fourth-order valence-electron chi connectivity index (χ4n) is 1.54. The average Bonchev–Trinajstić information content (AvgIpc) is 2.36. The summed E-state index contributed by atoms with van der Waals surface area (Å²) in [5.41, 5.74) is 0.776. The highest BCUT2D eigenvalue weighted by atomic mass is 16.5. The van der Waals surface area contributed by atoms with Crippen LogP contribution < -0.4 is 0 Å². The van der Waals surface area contributed by atoms with E-state index >= 15 is 0 Å². The number of hydrogen-bond acceptors (Lipinski definition) is 3. The van der Waals surface area contributed by atoms with Gasteiger partial charge in [-0.25, -0.2) is 4.79 Å². The van der Waals surface area contributed by atoms with Gasteiger partial charge in [0, 0.05) is 6.08 Å². The van der Waals surface area contributed by atoms with Crippen LogP contribution in [0.25, 0.3) is 6.08 Å². The molecule has 1 rings (SSSR count). The highest BCUT2D eigenvalue weighted by molar-refractivity contribution is 5.87. The number of unbranched alkanes of at least 4 members (excludes halogenated alkanes) is 3. The molecule has 0 aliphatic heterocycles. The Bertz CT molecular complexity index is 396. The first-order valence-corrected chi connectivity index (χ1v) is 6.36. The van der Waals surface area contributed by atoms with Gasteiger partial charge in [0.05, 0.1) is 6.61 Å². The molecule has 0 unspecified atom stereocenters. The van der Waals surface area contributed by atoms with Crippen LogP contribution in [0.1, 0.15) is 38.2 Å². The van der Waals surface area contributed by atoms with E-state index in [0.717, 1.165) is 18.4 Å². The van der Waals surface area contributed by atoms with Crippen LogP contribution >= 0.6 is 0 Å². The minimum Gasteiger partial charge on any atom is -0.508 e. The quantitative estimate of drug-likeness (QED) is 0.456. The van der Waals surface area contributed by atoms with Crippen LogP contribution in [0.4, 0.5) is 0 Å². The van der Waals surface area contributed by atoms with Gasteiger partial charge in [-0.2, -0.15) is 0 Å². The molecule has 3 nitrogen and oxygen atoms in total. The lowest BCUT2D eigenvalue weighted by atomic mass is 10.2. The predicted molar refractivity (Wildman–Crippen MR) is 72.2 cm³/mol. The average molecular weight is 248 g/mol. The summed E-state index contributed by atoms with van der Waals surface area (Å²) in [5, 5.41) is 9.25. The molecule has 0 radical (unpaired) electrons. The second-order valence-corrected chi connectivity index (χ2v) is 4.16. The first kappa shape index (κ1) is 14.3. The van der Waals surface area contributed by atoms with Gasteiger partial charge in [0.2, 0.25) is 0 Å². The van der Waals surface area contributed by atoms with Crippen molar-refractivity contribution < 1.29 is 14.6 Å². The zero-order valence-corrected chi connectivity index (χ0v) is 10.8. The van der Waals surface area contributed by atoms with Crippen LogP contribution in [-0.4, -0.2) is 17.7 Å². The van der Waals surface area contributed by atoms with E-state index in [2.05, 4.69) is 6.92 Å². The van der Waals surface area contributed by atoms with Gasteiger partial charge in [0.25, 0.3) is 0 Å². The van der Waals surface area contributed by atoms with Crippen LogP contribution in [-0.2, 0) is 9.53 Å². The third kappa shape index (κ3) is 6.09. The molecule has 0 atom stereocenters. The lowest BCUT2D eigenvalue weighted by molar-refractivity contribution is -0.137. The van der Waals surface area contributed by atoms with Crippen molar-refractivity contribution in [2.45, 2.75) is 32.6 Å². The number of rotatable bonds is 7. The fourth-order valence-corrected chi connectivity index (χ4v) is 1.54. The summed E-state index contributed by atoms with van der Waals surface area (Å²) in [5.74, 6) is -0.153. The Hall–Kier alpha value is -1.77. The second-order valence-electron chi connectivity index (χ2n) is 4.16. The van der Waals surface area contributed by atoms with Gasteiger partial charge in [-0.15, -0.1) is 0 Å². The second kappa shape index (κ2) is 8.34. The first-order chi connectivity index (χ1) is 8.72. The summed E-state index contributed by atoms with van der Waals surface area (Å²) in [6, 6.07) is 6.71. The van der Waals surface area contributed by atoms with E-state index < -0.39 is 0 Å². The van der Waals surface area contributed by atoms with Crippen molar-refractivity contribution in [1.82, 2.24) is 0 Å². The number of phenolic OH excluding ortho intramolecular Hbond substituents is 1. The molecular formula is C15H20O3. The molecule has 3 heteroatoms. The van der Waals surface area contributed by atoms with Gasteiger partial charge < -0.3 is 9.84 Å². The Kier molecular flexibility index (Phi) is 6.62. The summed E-state index contributed by atoms with van der Waals surface area (Å²) in [6.45, 7) is 2.62. The van der Waals surface area contributed by atoms with Crippen molar-refractivity contribution in [2.75, 3.05) is 6.61 Å². The fraction of sp³-hybridized carbons (Fsp3) is 0.400. The number of benzene rings is 1. The molecule has 0 aliphatic carbocycles. The molecule has 1 N–H and O–H groups in total. The van der Waals surface area contributed by atoms with Gasteiger partial charge in [0.1, 0.15) is 5.75 Å². The maximum absolute atomic E-state index is 11.4. The zero-order chi connectivity index (χ0) is 13.2. The molecule has 0 aromatic heterocycles. The molecule has 1 aromatic carbocycles. The Morgan fingerprint density at radius 2 is 2.17 bits per heavy atom. The number of carbonyl (C=O) groups excluding carboxylic acids is 1. The van der Waals surface area contributed by atoms with Gasteiger partial charge in [0.15, 0.2) is 0 Å². The van der Waals surface area contributed by atoms with Gasteiger partial charge in [-0.05, 0) is 30.2 Å². The predicted octanol–water partition coefficient (Wildman–Crippen LogP) is 3.53. The summed E-state index contributed by atoms with van der Waals surface area (Å²) in [6.07, 6.45) is 7.38. The standard InChI is InChI=1S/C15H20O3/c1-2-3-4-5-11-18-15(17)10-9-13-7-6-8-14(16)12-13/h6-10,12,16H,2-5,11H2,1H3/b10-9+. The molecule has 0 bridgehead atoms. The molecule has 0 aliphatic rings. The molecular weight excluding hydrogens is 228 g/mol. The Morgan fingerprint density at radius 3 is 2.89 bits per heavy atom. The van der Waals surface area contributed by atoms with E-state index in [0.29, 0.717) is 6.61 Å². The van der Waals surface area contributed by atoms with E-state index in [1.165, 1.54) is 18.9 Å². The van der Waals surface area contributed by atoms with Crippen LogP contribution in [0.5, 0.6) is 5.75 Å². The van der Waals surface area contributed by atoms with Crippen molar-refractivity contribution >= 4 is 12.0 Å². The Labute approximate surface area is 108 Å². The molecule has 0 amide bonds. The van der Waals surface area contributed by atoms with Crippen molar-refractivity contribution in [3.05, 3.63) is 35.9 Å². The largest absolute Gasteiger partial charge is 0.508 e. The van der Waals surface area contributed by atoms with Crippen LogP contribution in [0.2, 0.25) is 0 Å². The smallest absolute Gasteiger partial charge is 0.330 e. The number of esters is 1. The summed E-state index contributed by atoms with van der Waals surface area (Å²) in [7, 11) is 0. The summed E-state index contributed by atoms with van der Waals surface area (Å²) in [4.78, 5) is 11.4. The van der Waals surface area contributed by atoms with Crippen molar-refractivity contribution in [1.29, 1.82) is 0 Å². The van der Waals surface area contributed by atoms with E-state index in [1.54, 1.807) is 24.3 Å². The Balaban J connectivity index is 2.27. The van der Waals surface area contributed by atoms with E-state index in [9.17, 15) is 9.90 Å². The molecule has 0 saturated heterocycles. The van der Waals surface area contributed by atoms with Gasteiger partial charge in [-0.1, -0.05) is 38.3 Å². The normalized spacial score (nSPS) is 10.7. The van der Waals surface area contributed by atoms with Gasteiger partial charge >= 0.3 is 5.97 Å². The van der Waals surface area contributed by atoms with Crippen molar-refractivity contribution in [2.24, 2.45) is 0 Å². The molecule has 0 spiro atoms. The lowest BCUT2D eigenvalue weighted by Gasteiger charge is -2.01. The third-order valence-electron chi connectivity index (χ3n) is 2.52. The van der Waals surface area contributed by atoms with Crippen LogP contribution in [0.15, 0.2) is 30.3 Å². The van der Waals surface area contributed by atoms with E-state index in [-0.39, 0.29) is 11.7 Å². The number of phenols is 1. The minimum atomic E-state index is -0.338. The van der Waals surface area contributed by atoms with Crippen LogP contribution in [0, 0.1) is 0 Å². The van der Waals surface area contributed by atoms with Crippen molar-refractivity contribution in [3.8, 4) is 5.75 Å². The topological polar surface area (TPSA) is 46.5 Å². The molecule has 18 heavy (non-hydrogen) atoms. The molecule has 0 saturated carbocycles. The zero-order valence-electron chi connectivity index (χ0n) is 10.8. The highest BCUT2D eigenvalue weighted by Crippen LogP contribution is 2.12. The third-order valence-corrected chi connectivity index (χ3v) is 2.52. The Morgan fingerprint density at radius 1 is 1.33 bits per heavy atom. The van der Waals surface area contributed by atoms with E-state index in [1.807, 2.05) is 6.07 Å². The maximum Gasteiger partial charge on any atom is 0.330 e. The van der Waals surface area contributed by atoms with Crippen LogP contribution in [0.3, 0.4) is 0 Å². The molecule has 1 aromatic rings. The summed E-state index contributed by atoms with van der Waals surface area (Å²) < 4.78 is 5.05. The SMILES string of the molecule is CCCCCCOC(=O)/C=C/c1cccc(O)c1. The molecule has 0 fully saturated rings. The summed E-state index contributed by atoms with van der Waals surface area (Å²) >= 11 is 0. The minimum absolute atomic E-state index is 0.185. The number of aromatic hydroxyl groups is 1. The van der Waals surface area contributed by atoms with Crippen molar-refractivity contribution in [3.63, 3.8) is 0 Å². The number of ether oxygens (including phenoxy) is 1.